The summed E-state index contributed by atoms with van der Waals surface area (Å²) in [6, 6.07) is 0.222. The van der Waals surface area contributed by atoms with Crippen LogP contribution in [0.2, 0.25) is 0 Å². The topological polar surface area (TPSA) is 84.5 Å². The molecule has 1 aliphatic carbocycles. The van der Waals surface area contributed by atoms with Crippen molar-refractivity contribution in [3.63, 3.8) is 0 Å². The number of carbonyl (C=O) groups excluding carboxylic acids is 2. The van der Waals surface area contributed by atoms with Gasteiger partial charge in [-0.2, -0.15) is 0 Å². The number of aromatic nitrogens is 2. The summed E-state index contributed by atoms with van der Waals surface area (Å²) in [6.07, 6.45) is 8.02. The van der Waals surface area contributed by atoms with Crippen LogP contribution >= 0.6 is 0 Å². The fourth-order valence-corrected chi connectivity index (χ4v) is 4.00. The summed E-state index contributed by atoms with van der Waals surface area (Å²) in [5.74, 6) is -0.365. The molecule has 7 nitrogen and oxygen atoms in total. The van der Waals surface area contributed by atoms with Crippen LogP contribution in [0.15, 0.2) is 6.33 Å². The SMILES string of the molecule is NC(=O)C1CCCCN1C(=O)CN1CCc2c(ncn2C2CC2)C1. The molecule has 24 heavy (non-hydrogen) atoms. The van der Waals surface area contributed by atoms with Crippen molar-refractivity contribution in [1.82, 2.24) is 19.4 Å². The zero-order chi connectivity index (χ0) is 16.7. The number of likely N-dealkylation sites (tertiary alicyclic amines) is 1. The maximum atomic E-state index is 12.7. The highest BCUT2D eigenvalue weighted by molar-refractivity contribution is 5.87. The van der Waals surface area contributed by atoms with Gasteiger partial charge in [-0.1, -0.05) is 0 Å². The van der Waals surface area contributed by atoms with E-state index in [1.807, 2.05) is 6.33 Å². The van der Waals surface area contributed by atoms with E-state index in [1.54, 1.807) is 4.90 Å². The Morgan fingerprint density at radius 2 is 2.04 bits per heavy atom. The van der Waals surface area contributed by atoms with E-state index in [1.165, 1.54) is 18.5 Å². The summed E-state index contributed by atoms with van der Waals surface area (Å²) in [5.41, 5.74) is 7.91. The predicted octanol–water partition coefficient (Wildman–Crippen LogP) is 0.442. The van der Waals surface area contributed by atoms with Crippen LogP contribution in [0, 0.1) is 0 Å². The Morgan fingerprint density at radius 3 is 2.79 bits per heavy atom. The summed E-state index contributed by atoms with van der Waals surface area (Å²) in [5, 5.41) is 0. The van der Waals surface area contributed by atoms with E-state index in [0.717, 1.165) is 38.0 Å². The summed E-state index contributed by atoms with van der Waals surface area (Å²) in [4.78, 5) is 32.6. The third kappa shape index (κ3) is 2.92. The molecule has 2 amide bonds. The molecule has 1 atom stereocenters. The lowest BCUT2D eigenvalue weighted by molar-refractivity contribution is -0.142. The van der Waals surface area contributed by atoms with Crippen molar-refractivity contribution in [1.29, 1.82) is 0 Å². The number of piperidine rings is 1. The van der Waals surface area contributed by atoms with E-state index in [9.17, 15) is 9.59 Å². The molecule has 1 saturated heterocycles. The lowest BCUT2D eigenvalue weighted by Crippen LogP contribution is -2.53. The third-order valence-corrected chi connectivity index (χ3v) is 5.47. The number of nitrogens with two attached hydrogens (primary N) is 1. The fraction of sp³-hybridized carbons (Fsp3) is 0.706. The van der Waals surface area contributed by atoms with E-state index in [-0.39, 0.29) is 11.8 Å². The first kappa shape index (κ1) is 15.6. The van der Waals surface area contributed by atoms with Gasteiger partial charge in [-0.15, -0.1) is 0 Å². The fourth-order valence-electron chi connectivity index (χ4n) is 4.00. The minimum absolute atomic E-state index is 0.0172. The predicted molar refractivity (Wildman–Crippen MR) is 88.0 cm³/mol. The molecule has 2 N–H and O–H groups in total. The molecule has 0 bridgehead atoms. The first-order valence-corrected chi connectivity index (χ1v) is 8.99. The average molecular weight is 331 g/mol. The van der Waals surface area contributed by atoms with Crippen molar-refractivity contribution in [2.75, 3.05) is 19.6 Å². The quantitative estimate of drug-likeness (QED) is 0.868. The first-order valence-electron chi connectivity index (χ1n) is 8.99. The van der Waals surface area contributed by atoms with Gasteiger partial charge in [-0.25, -0.2) is 4.98 Å². The maximum absolute atomic E-state index is 12.7. The number of rotatable bonds is 4. The molecular weight excluding hydrogens is 306 g/mol. The summed E-state index contributed by atoms with van der Waals surface area (Å²) >= 11 is 0. The molecule has 3 heterocycles. The molecule has 1 aromatic heterocycles. The lowest BCUT2D eigenvalue weighted by atomic mass is 10.0. The number of hydrogen-bond acceptors (Lipinski definition) is 4. The Balaban J connectivity index is 1.40. The van der Waals surface area contributed by atoms with Crippen molar-refractivity contribution >= 4 is 11.8 Å². The standard InChI is InChI=1S/C17H25N5O2/c18-17(24)15-3-1-2-7-21(15)16(23)10-20-8-6-14-13(9-20)19-11-22(14)12-4-5-12/h11-12,15H,1-10H2,(H2,18,24). The highest BCUT2D eigenvalue weighted by Crippen LogP contribution is 2.37. The van der Waals surface area contributed by atoms with Gasteiger partial charge in [0.15, 0.2) is 0 Å². The van der Waals surface area contributed by atoms with Gasteiger partial charge in [-0.3, -0.25) is 14.5 Å². The van der Waals surface area contributed by atoms with Crippen molar-refractivity contribution in [2.24, 2.45) is 5.73 Å². The van der Waals surface area contributed by atoms with Crippen molar-refractivity contribution in [2.45, 2.75) is 57.2 Å². The van der Waals surface area contributed by atoms with Crippen molar-refractivity contribution in [3.05, 3.63) is 17.7 Å². The Bertz CT molecular complexity index is 651. The number of imidazole rings is 1. The van der Waals surface area contributed by atoms with Crippen molar-refractivity contribution in [3.8, 4) is 0 Å². The molecule has 1 saturated carbocycles. The molecule has 130 valence electrons. The van der Waals surface area contributed by atoms with Crippen LogP contribution in [-0.2, 0) is 22.6 Å². The Morgan fingerprint density at radius 1 is 1.21 bits per heavy atom. The van der Waals surface area contributed by atoms with E-state index in [2.05, 4.69) is 14.5 Å². The molecule has 2 fully saturated rings. The van der Waals surface area contributed by atoms with Gasteiger partial charge in [0.05, 0.1) is 18.6 Å². The van der Waals surface area contributed by atoms with Gasteiger partial charge in [0.2, 0.25) is 11.8 Å². The number of amides is 2. The van der Waals surface area contributed by atoms with Gasteiger partial charge in [-0.05, 0) is 32.1 Å². The van der Waals surface area contributed by atoms with Crippen LogP contribution < -0.4 is 5.73 Å². The Kier molecular flexibility index (Phi) is 4.04. The van der Waals surface area contributed by atoms with Crippen LogP contribution in [0.4, 0.5) is 0 Å². The molecule has 1 aromatic rings. The van der Waals surface area contributed by atoms with Crippen LogP contribution in [0.5, 0.6) is 0 Å². The van der Waals surface area contributed by atoms with Gasteiger partial charge < -0.3 is 15.2 Å². The largest absolute Gasteiger partial charge is 0.368 e. The van der Waals surface area contributed by atoms with Crippen molar-refractivity contribution < 1.29 is 9.59 Å². The zero-order valence-corrected chi connectivity index (χ0v) is 14.0. The van der Waals surface area contributed by atoms with Gasteiger partial charge >= 0.3 is 0 Å². The second-order valence-corrected chi connectivity index (χ2v) is 7.24. The molecule has 0 spiro atoms. The van der Waals surface area contributed by atoms with E-state index >= 15 is 0 Å². The highest BCUT2D eigenvalue weighted by Gasteiger charge is 2.33. The molecule has 7 heteroatoms. The summed E-state index contributed by atoms with van der Waals surface area (Å²) in [7, 11) is 0. The zero-order valence-electron chi connectivity index (χ0n) is 14.0. The molecule has 0 aromatic carbocycles. The molecule has 3 aliphatic rings. The van der Waals surface area contributed by atoms with Gasteiger partial charge in [0.25, 0.3) is 0 Å². The smallest absolute Gasteiger partial charge is 0.240 e. The number of hydrogen-bond donors (Lipinski definition) is 1. The molecular formula is C17H25N5O2. The average Bonchev–Trinajstić information content (AvgIpc) is 3.34. The maximum Gasteiger partial charge on any atom is 0.240 e. The first-order chi connectivity index (χ1) is 11.6. The normalized spacial score (nSPS) is 24.7. The minimum atomic E-state index is -0.430. The summed E-state index contributed by atoms with van der Waals surface area (Å²) in [6.45, 7) is 2.57. The monoisotopic (exact) mass is 331 g/mol. The summed E-state index contributed by atoms with van der Waals surface area (Å²) < 4.78 is 2.32. The number of primary amides is 1. The molecule has 2 aliphatic heterocycles. The van der Waals surface area contributed by atoms with Gasteiger partial charge in [0.1, 0.15) is 6.04 Å². The Hall–Kier alpha value is -1.89. The molecule has 0 radical (unpaired) electrons. The number of carbonyl (C=O) groups is 2. The van der Waals surface area contributed by atoms with Gasteiger partial charge in [0, 0.05) is 37.8 Å². The Labute approximate surface area is 141 Å². The van der Waals surface area contributed by atoms with Crippen LogP contribution in [-0.4, -0.2) is 56.8 Å². The van der Waals surface area contributed by atoms with E-state index < -0.39 is 6.04 Å². The highest BCUT2D eigenvalue weighted by atomic mass is 16.2. The van der Waals surface area contributed by atoms with Crippen LogP contribution in [0.3, 0.4) is 0 Å². The minimum Gasteiger partial charge on any atom is -0.368 e. The third-order valence-electron chi connectivity index (χ3n) is 5.47. The molecule has 1 unspecified atom stereocenters. The van der Waals surface area contributed by atoms with Crippen LogP contribution in [0.1, 0.15) is 49.5 Å². The molecule has 4 rings (SSSR count). The van der Waals surface area contributed by atoms with E-state index in [4.69, 9.17) is 5.73 Å². The van der Waals surface area contributed by atoms with Crippen LogP contribution in [0.25, 0.3) is 0 Å². The second kappa shape index (κ2) is 6.20. The second-order valence-electron chi connectivity index (χ2n) is 7.24. The van der Waals surface area contributed by atoms with E-state index in [0.29, 0.717) is 25.6 Å². The number of fused-ring (bicyclic) bond motifs is 1. The number of nitrogens with zero attached hydrogens (tertiary/aromatic N) is 4. The lowest BCUT2D eigenvalue weighted by Gasteiger charge is -2.36.